The van der Waals surface area contributed by atoms with Crippen LogP contribution in [0.3, 0.4) is 0 Å². The van der Waals surface area contributed by atoms with Gasteiger partial charge in [-0.15, -0.1) is 0 Å². The van der Waals surface area contributed by atoms with Gasteiger partial charge in [0, 0.05) is 6.07 Å². The molecule has 0 saturated heterocycles. The molecule has 0 bridgehead atoms. The van der Waals surface area contributed by atoms with Gasteiger partial charge in [0.1, 0.15) is 17.2 Å². The molecule has 3 nitrogen and oxygen atoms in total. The summed E-state index contributed by atoms with van der Waals surface area (Å²) in [5.74, 6) is 1.82. The van der Waals surface area contributed by atoms with E-state index >= 15 is 0 Å². The first-order chi connectivity index (χ1) is 10.3. The molecule has 3 rings (SSSR count). The summed E-state index contributed by atoms with van der Waals surface area (Å²) in [6.45, 7) is 0. The normalized spacial score (nSPS) is 10.3. The van der Waals surface area contributed by atoms with Gasteiger partial charge < -0.3 is 9.47 Å². The van der Waals surface area contributed by atoms with Gasteiger partial charge in [-0.05, 0) is 35.0 Å². The van der Waals surface area contributed by atoms with E-state index in [1.54, 1.807) is 25.3 Å². The molecule has 3 aromatic rings. The summed E-state index contributed by atoms with van der Waals surface area (Å²) in [5.41, 5.74) is 0.490. The Bertz CT molecular complexity index is 793. The smallest absolute Gasteiger partial charge is 0.153 e. The van der Waals surface area contributed by atoms with E-state index in [-0.39, 0.29) is 0 Å². The fourth-order valence-corrected chi connectivity index (χ4v) is 2.19. The lowest BCUT2D eigenvalue weighted by atomic mass is 10.1. The van der Waals surface area contributed by atoms with Gasteiger partial charge in [-0.2, -0.15) is 0 Å². The molecular weight excluding hydrogens is 264 g/mol. The highest BCUT2D eigenvalue weighted by molar-refractivity contribution is 5.84. The van der Waals surface area contributed by atoms with E-state index in [0.717, 1.165) is 17.1 Å². The second-order valence-corrected chi connectivity index (χ2v) is 4.63. The van der Waals surface area contributed by atoms with E-state index in [0.29, 0.717) is 22.8 Å². The highest BCUT2D eigenvalue weighted by atomic mass is 16.5. The predicted molar refractivity (Wildman–Crippen MR) is 82.4 cm³/mol. The van der Waals surface area contributed by atoms with Gasteiger partial charge in [-0.3, -0.25) is 4.79 Å². The van der Waals surface area contributed by atoms with Crippen molar-refractivity contribution in [2.45, 2.75) is 0 Å². The van der Waals surface area contributed by atoms with Crippen molar-refractivity contribution < 1.29 is 14.3 Å². The van der Waals surface area contributed by atoms with E-state index in [4.69, 9.17) is 9.47 Å². The monoisotopic (exact) mass is 278 g/mol. The number of ether oxygens (including phenoxy) is 2. The van der Waals surface area contributed by atoms with Crippen molar-refractivity contribution in [2.24, 2.45) is 0 Å². The summed E-state index contributed by atoms with van der Waals surface area (Å²) < 4.78 is 11.0. The molecule has 3 aromatic carbocycles. The molecule has 0 radical (unpaired) electrons. The maximum absolute atomic E-state index is 11.1. The fourth-order valence-electron chi connectivity index (χ4n) is 2.19. The predicted octanol–water partition coefficient (Wildman–Crippen LogP) is 4.45. The largest absolute Gasteiger partial charge is 0.497 e. The Balaban J connectivity index is 1.99. The molecule has 0 N–H and O–H groups in total. The minimum Gasteiger partial charge on any atom is -0.497 e. The average molecular weight is 278 g/mol. The first-order valence-corrected chi connectivity index (χ1v) is 6.60. The molecule has 0 heterocycles. The van der Waals surface area contributed by atoms with Crippen LogP contribution in [-0.4, -0.2) is 13.4 Å². The minimum absolute atomic E-state index is 0.486. The van der Waals surface area contributed by atoms with Gasteiger partial charge in [0.25, 0.3) is 0 Å². The quantitative estimate of drug-likeness (QED) is 0.661. The van der Waals surface area contributed by atoms with Crippen LogP contribution in [0.25, 0.3) is 10.8 Å². The minimum atomic E-state index is 0.486. The van der Waals surface area contributed by atoms with Crippen LogP contribution in [-0.2, 0) is 0 Å². The van der Waals surface area contributed by atoms with Crippen LogP contribution in [0.4, 0.5) is 0 Å². The fraction of sp³-hybridized carbons (Fsp3) is 0.0556. The highest BCUT2D eigenvalue weighted by Crippen LogP contribution is 2.30. The lowest BCUT2D eigenvalue weighted by Gasteiger charge is -2.10. The third-order valence-electron chi connectivity index (χ3n) is 3.30. The van der Waals surface area contributed by atoms with Gasteiger partial charge in [0.05, 0.1) is 12.7 Å². The number of methoxy groups -OCH3 is 1. The van der Waals surface area contributed by atoms with Crippen molar-refractivity contribution in [1.29, 1.82) is 0 Å². The molecule has 0 atom stereocenters. The molecule has 0 aliphatic rings. The standard InChI is InChI=1S/C18H14O3/c1-20-16-8-7-15(12-19)18(11-16)21-17-9-6-13-4-2-3-5-14(13)10-17/h2-12H,1H3. The Morgan fingerprint density at radius 3 is 2.38 bits per heavy atom. The second-order valence-electron chi connectivity index (χ2n) is 4.63. The van der Waals surface area contributed by atoms with E-state index in [9.17, 15) is 4.79 Å². The Kier molecular flexibility index (Phi) is 3.56. The highest BCUT2D eigenvalue weighted by Gasteiger charge is 2.07. The van der Waals surface area contributed by atoms with Crippen molar-refractivity contribution >= 4 is 17.1 Å². The van der Waals surface area contributed by atoms with Crippen LogP contribution < -0.4 is 9.47 Å². The summed E-state index contributed by atoms with van der Waals surface area (Å²) in [6.07, 6.45) is 0.774. The van der Waals surface area contributed by atoms with Gasteiger partial charge in [-0.25, -0.2) is 0 Å². The SMILES string of the molecule is COc1ccc(C=O)c(Oc2ccc3ccccc3c2)c1. The van der Waals surface area contributed by atoms with E-state index in [1.165, 1.54) is 0 Å². The molecule has 0 unspecified atom stereocenters. The topological polar surface area (TPSA) is 35.5 Å². The average Bonchev–Trinajstić information content (AvgIpc) is 2.54. The van der Waals surface area contributed by atoms with Crippen molar-refractivity contribution in [3.05, 3.63) is 66.2 Å². The van der Waals surface area contributed by atoms with Crippen LogP contribution in [0.1, 0.15) is 10.4 Å². The number of aldehydes is 1. The molecule has 0 aromatic heterocycles. The molecule has 21 heavy (non-hydrogen) atoms. The number of benzene rings is 3. The van der Waals surface area contributed by atoms with E-state index < -0.39 is 0 Å². The van der Waals surface area contributed by atoms with Crippen molar-refractivity contribution in [1.82, 2.24) is 0 Å². The van der Waals surface area contributed by atoms with E-state index in [2.05, 4.69) is 0 Å². The van der Waals surface area contributed by atoms with Crippen LogP contribution in [0.5, 0.6) is 17.2 Å². The third kappa shape index (κ3) is 2.72. The molecule has 0 fully saturated rings. The third-order valence-corrected chi connectivity index (χ3v) is 3.30. The van der Waals surface area contributed by atoms with Crippen LogP contribution in [0.2, 0.25) is 0 Å². The van der Waals surface area contributed by atoms with Crippen LogP contribution in [0.15, 0.2) is 60.7 Å². The number of hydrogen-bond acceptors (Lipinski definition) is 3. The molecule has 0 aliphatic heterocycles. The maximum Gasteiger partial charge on any atom is 0.153 e. The number of carbonyl (C=O) groups is 1. The Morgan fingerprint density at radius 2 is 1.62 bits per heavy atom. The number of hydrogen-bond donors (Lipinski definition) is 0. The van der Waals surface area contributed by atoms with Crippen molar-refractivity contribution in [3.8, 4) is 17.2 Å². The summed E-state index contributed by atoms with van der Waals surface area (Å²) in [7, 11) is 1.58. The number of carbonyl (C=O) groups excluding carboxylic acids is 1. The summed E-state index contributed by atoms with van der Waals surface area (Å²) in [6, 6.07) is 19.0. The van der Waals surface area contributed by atoms with Crippen LogP contribution in [0, 0.1) is 0 Å². The zero-order chi connectivity index (χ0) is 14.7. The zero-order valence-electron chi connectivity index (χ0n) is 11.6. The Morgan fingerprint density at radius 1 is 0.857 bits per heavy atom. The number of fused-ring (bicyclic) bond motifs is 1. The Hall–Kier alpha value is -2.81. The van der Waals surface area contributed by atoms with Crippen molar-refractivity contribution in [2.75, 3.05) is 7.11 Å². The summed E-state index contributed by atoms with van der Waals surface area (Å²) >= 11 is 0. The molecule has 0 aliphatic carbocycles. The van der Waals surface area contributed by atoms with E-state index in [1.807, 2.05) is 42.5 Å². The maximum atomic E-state index is 11.1. The summed E-state index contributed by atoms with van der Waals surface area (Å²) in [4.78, 5) is 11.1. The molecule has 104 valence electrons. The molecule has 3 heteroatoms. The Labute approximate surface area is 122 Å². The first-order valence-electron chi connectivity index (χ1n) is 6.60. The second kappa shape index (κ2) is 5.67. The van der Waals surface area contributed by atoms with Crippen LogP contribution >= 0.6 is 0 Å². The lowest BCUT2D eigenvalue weighted by molar-refractivity contribution is 0.112. The van der Waals surface area contributed by atoms with Gasteiger partial charge >= 0.3 is 0 Å². The van der Waals surface area contributed by atoms with Crippen molar-refractivity contribution in [3.63, 3.8) is 0 Å². The first kappa shape index (κ1) is 13.2. The molecular formula is C18H14O3. The molecule has 0 amide bonds. The van der Waals surface area contributed by atoms with Gasteiger partial charge in [0.2, 0.25) is 0 Å². The number of rotatable bonds is 4. The van der Waals surface area contributed by atoms with Gasteiger partial charge in [0.15, 0.2) is 6.29 Å². The molecule has 0 saturated carbocycles. The van der Waals surface area contributed by atoms with Gasteiger partial charge in [-0.1, -0.05) is 30.3 Å². The molecule has 0 spiro atoms. The summed E-state index contributed by atoms with van der Waals surface area (Å²) in [5, 5.41) is 2.23. The lowest BCUT2D eigenvalue weighted by Crippen LogP contribution is -1.92. The zero-order valence-corrected chi connectivity index (χ0v) is 11.6.